The summed E-state index contributed by atoms with van der Waals surface area (Å²) in [6.07, 6.45) is 0. The third kappa shape index (κ3) is 5.20. The van der Waals surface area contributed by atoms with Gasteiger partial charge in [-0.25, -0.2) is 18.2 Å². The molecule has 0 aliphatic heterocycles. The van der Waals surface area contributed by atoms with E-state index in [0.29, 0.717) is 10.8 Å². The number of benzene rings is 2. The molecule has 7 nitrogen and oxygen atoms in total. The third-order valence-corrected chi connectivity index (χ3v) is 6.45. The van der Waals surface area contributed by atoms with Crippen LogP contribution in [0.1, 0.15) is 12.5 Å². The Kier molecular flexibility index (Phi) is 6.31. The number of ether oxygens (including phenoxy) is 2. The summed E-state index contributed by atoms with van der Waals surface area (Å²) in [7, 11) is -2.26. The second-order valence-electron chi connectivity index (χ2n) is 6.30. The number of aromatic nitrogens is 1. The lowest BCUT2D eigenvalue weighted by Gasteiger charge is -2.12. The highest BCUT2D eigenvalue weighted by atomic mass is 32.2. The minimum atomic E-state index is -3.84. The zero-order valence-electron chi connectivity index (χ0n) is 16.1. The quantitative estimate of drug-likeness (QED) is 0.575. The van der Waals surface area contributed by atoms with E-state index in [1.165, 1.54) is 30.4 Å². The van der Waals surface area contributed by atoms with Crippen LogP contribution in [0.25, 0.3) is 10.6 Å². The second-order valence-corrected chi connectivity index (χ2v) is 8.87. The molecule has 0 aliphatic carbocycles. The van der Waals surface area contributed by atoms with Crippen LogP contribution in [-0.4, -0.2) is 32.5 Å². The molecule has 1 atom stereocenters. The van der Waals surface area contributed by atoms with E-state index in [1.54, 1.807) is 24.6 Å². The molecule has 2 aromatic carbocycles. The Morgan fingerprint density at radius 2 is 1.90 bits per heavy atom. The van der Waals surface area contributed by atoms with Crippen molar-refractivity contribution < 1.29 is 22.7 Å². The molecule has 0 radical (unpaired) electrons. The van der Waals surface area contributed by atoms with Crippen molar-refractivity contribution in [2.45, 2.75) is 24.8 Å². The molecule has 0 saturated heterocycles. The molecular weight excluding hydrogens is 412 g/mol. The number of carbonyl (C=O) groups excluding carboxylic acids is 1. The molecule has 0 fully saturated rings. The molecule has 1 heterocycles. The first-order chi connectivity index (χ1) is 13.8. The van der Waals surface area contributed by atoms with E-state index in [1.807, 2.05) is 31.2 Å². The molecule has 9 heteroatoms. The maximum absolute atomic E-state index is 12.4. The fourth-order valence-electron chi connectivity index (χ4n) is 2.45. The lowest BCUT2D eigenvalue weighted by atomic mass is 10.2. The van der Waals surface area contributed by atoms with Gasteiger partial charge in [0.05, 0.1) is 17.4 Å². The van der Waals surface area contributed by atoms with Crippen molar-refractivity contribution in [2.24, 2.45) is 0 Å². The van der Waals surface area contributed by atoms with Crippen LogP contribution in [0.2, 0.25) is 0 Å². The summed E-state index contributed by atoms with van der Waals surface area (Å²) in [6.45, 7) is 3.28. The normalized spacial score (nSPS) is 12.4. The topological polar surface area (TPSA) is 94.6 Å². The number of carbonyl (C=O) groups is 1. The number of nitrogens with zero attached hydrogens (tertiary/aromatic N) is 1. The van der Waals surface area contributed by atoms with Crippen molar-refractivity contribution in [3.63, 3.8) is 0 Å². The van der Waals surface area contributed by atoms with Crippen LogP contribution >= 0.6 is 11.3 Å². The first-order valence-electron chi connectivity index (χ1n) is 8.69. The lowest BCUT2D eigenvalue weighted by Crippen LogP contribution is -2.40. The van der Waals surface area contributed by atoms with Gasteiger partial charge in [0.1, 0.15) is 16.8 Å². The predicted molar refractivity (Wildman–Crippen MR) is 111 cm³/mol. The molecule has 0 saturated carbocycles. The van der Waals surface area contributed by atoms with E-state index in [0.717, 1.165) is 11.1 Å². The highest BCUT2D eigenvalue weighted by Crippen LogP contribution is 2.29. The van der Waals surface area contributed by atoms with E-state index in [4.69, 9.17) is 9.47 Å². The number of methoxy groups -OCH3 is 1. The van der Waals surface area contributed by atoms with Crippen LogP contribution in [0.4, 0.5) is 0 Å². The van der Waals surface area contributed by atoms with E-state index in [-0.39, 0.29) is 10.8 Å². The molecule has 0 bridgehead atoms. The van der Waals surface area contributed by atoms with Crippen LogP contribution in [0.15, 0.2) is 58.8 Å². The van der Waals surface area contributed by atoms with Gasteiger partial charge < -0.3 is 9.47 Å². The van der Waals surface area contributed by atoms with Gasteiger partial charge in [-0.3, -0.25) is 0 Å². The predicted octanol–water partition coefficient (Wildman–Crippen LogP) is 3.40. The van der Waals surface area contributed by atoms with Crippen LogP contribution in [-0.2, 0) is 14.8 Å². The molecule has 1 aromatic heterocycles. The number of aryl methyl sites for hydroxylation is 1. The molecule has 3 rings (SSSR count). The highest BCUT2D eigenvalue weighted by molar-refractivity contribution is 7.89. The summed E-state index contributed by atoms with van der Waals surface area (Å²) >= 11 is 1.30. The van der Waals surface area contributed by atoms with Crippen LogP contribution in [0.5, 0.6) is 11.6 Å². The van der Waals surface area contributed by atoms with Gasteiger partial charge in [-0.2, -0.15) is 4.72 Å². The van der Waals surface area contributed by atoms with E-state index < -0.39 is 22.0 Å². The maximum atomic E-state index is 12.4. The molecule has 1 N–H and O–H groups in total. The van der Waals surface area contributed by atoms with Crippen LogP contribution in [0.3, 0.4) is 0 Å². The summed E-state index contributed by atoms with van der Waals surface area (Å²) in [5.41, 5.74) is 1.76. The zero-order valence-corrected chi connectivity index (χ0v) is 17.7. The average Bonchev–Trinajstić information content (AvgIpc) is 3.16. The average molecular weight is 433 g/mol. The number of rotatable bonds is 7. The van der Waals surface area contributed by atoms with E-state index in [9.17, 15) is 13.2 Å². The van der Waals surface area contributed by atoms with E-state index in [2.05, 4.69) is 9.71 Å². The smallest absolute Gasteiger partial charge is 0.330 e. The summed E-state index contributed by atoms with van der Waals surface area (Å²) in [6, 6.07) is 12.6. The number of hydrogen-bond acceptors (Lipinski definition) is 7. The van der Waals surface area contributed by atoms with Gasteiger partial charge >= 0.3 is 5.97 Å². The number of thiazole rings is 1. The van der Waals surface area contributed by atoms with E-state index >= 15 is 0 Å². The van der Waals surface area contributed by atoms with Gasteiger partial charge in [-0.15, -0.1) is 11.3 Å². The fourth-order valence-corrected chi connectivity index (χ4v) is 4.36. The van der Waals surface area contributed by atoms with Gasteiger partial charge in [0.2, 0.25) is 15.9 Å². The van der Waals surface area contributed by atoms with Crippen molar-refractivity contribution in [3.8, 4) is 22.2 Å². The Balaban J connectivity index is 1.67. The van der Waals surface area contributed by atoms with Gasteiger partial charge in [0, 0.05) is 5.56 Å². The summed E-state index contributed by atoms with van der Waals surface area (Å²) in [4.78, 5) is 16.7. The van der Waals surface area contributed by atoms with Gasteiger partial charge in [0.25, 0.3) is 0 Å². The Bertz CT molecular complexity index is 1110. The molecule has 0 aliphatic rings. The number of esters is 1. The van der Waals surface area contributed by atoms with Crippen molar-refractivity contribution in [2.75, 3.05) is 7.11 Å². The number of hydrogen-bond donors (Lipinski definition) is 1. The number of nitrogens with one attached hydrogen (secondary N) is 1. The summed E-state index contributed by atoms with van der Waals surface area (Å²) in [5.74, 6) is 0.0535. The Hall–Kier alpha value is -2.75. The van der Waals surface area contributed by atoms with Crippen molar-refractivity contribution in [3.05, 3.63) is 59.5 Å². The first kappa shape index (κ1) is 21.0. The van der Waals surface area contributed by atoms with Crippen LogP contribution in [0, 0.1) is 6.92 Å². The molecule has 152 valence electrons. The molecule has 0 spiro atoms. The standard InChI is InChI=1S/C20H20N2O5S2/c1-13-7-9-17(10-8-13)29(24,25)22-14(2)20(23)27-18-12-28-19(21-18)15-5-4-6-16(11-15)26-3/h4-12,14,22H,1-3H3/t14-/m0/s1. The third-order valence-electron chi connectivity index (χ3n) is 4.02. The van der Waals surface area contributed by atoms with Gasteiger partial charge in [-0.1, -0.05) is 29.8 Å². The Morgan fingerprint density at radius 1 is 1.17 bits per heavy atom. The van der Waals surface area contributed by atoms with Crippen molar-refractivity contribution >= 4 is 27.3 Å². The Morgan fingerprint density at radius 3 is 2.59 bits per heavy atom. The second kappa shape index (κ2) is 8.73. The summed E-state index contributed by atoms with van der Waals surface area (Å²) < 4.78 is 37.6. The van der Waals surface area contributed by atoms with Gasteiger partial charge in [0.15, 0.2) is 0 Å². The molecule has 3 aromatic rings. The largest absolute Gasteiger partial charge is 0.497 e. The maximum Gasteiger partial charge on any atom is 0.330 e. The lowest BCUT2D eigenvalue weighted by molar-refractivity contribution is -0.136. The molecule has 0 unspecified atom stereocenters. The SMILES string of the molecule is COc1cccc(-c2nc(OC(=O)[C@H](C)NS(=O)(=O)c3ccc(C)cc3)cs2)c1. The van der Waals surface area contributed by atoms with Crippen molar-refractivity contribution in [1.82, 2.24) is 9.71 Å². The zero-order chi connectivity index (χ0) is 21.0. The Labute approximate surface area is 173 Å². The summed E-state index contributed by atoms with van der Waals surface area (Å²) in [5, 5.41) is 2.24. The number of sulfonamides is 1. The van der Waals surface area contributed by atoms with Crippen LogP contribution < -0.4 is 14.2 Å². The minimum absolute atomic E-state index is 0.0803. The molecule has 29 heavy (non-hydrogen) atoms. The first-order valence-corrected chi connectivity index (χ1v) is 11.1. The fraction of sp³-hybridized carbons (Fsp3) is 0.200. The monoisotopic (exact) mass is 432 g/mol. The molecular formula is C20H20N2O5S2. The molecule has 0 amide bonds. The minimum Gasteiger partial charge on any atom is -0.497 e. The highest BCUT2D eigenvalue weighted by Gasteiger charge is 2.24. The van der Waals surface area contributed by atoms with Gasteiger partial charge in [-0.05, 0) is 38.1 Å². The van der Waals surface area contributed by atoms with Crippen molar-refractivity contribution in [1.29, 1.82) is 0 Å².